The summed E-state index contributed by atoms with van der Waals surface area (Å²) in [7, 11) is 0. The Morgan fingerprint density at radius 3 is 2.44 bits per heavy atom. The summed E-state index contributed by atoms with van der Waals surface area (Å²) in [6, 6.07) is 22.4. The molecular formula is C24H17BrClNO3S2. The van der Waals surface area contributed by atoms with E-state index in [0.717, 1.165) is 15.8 Å². The predicted molar refractivity (Wildman–Crippen MR) is 139 cm³/mol. The molecule has 0 N–H and O–H groups in total. The third-order valence-electron chi connectivity index (χ3n) is 4.47. The number of rotatable bonds is 7. The van der Waals surface area contributed by atoms with Crippen LogP contribution in [0.1, 0.15) is 5.56 Å². The maximum absolute atomic E-state index is 13.0. The Hall–Kier alpha value is -2.32. The lowest BCUT2D eigenvalue weighted by Crippen LogP contribution is -2.27. The van der Waals surface area contributed by atoms with E-state index in [2.05, 4.69) is 15.9 Å². The summed E-state index contributed by atoms with van der Waals surface area (Å²) < 4.78 is 12.7. The smallest absolute Gasteiger partial charge is 0.270 e. The lowest BCUT2D eigenvalue weighted by molar-refractivity contribution is -0.113. The zero-order valence-corrected chi connectivity index (χ0v) is 20.6. The number of benzene rings is 3. The van der Waals surface area contributed by atoms with Gasteiger partial charge in [0, 0.05) is 4.47 Å². The number of nitrogens with zero attached hydrogens (tertiary/aromatic N) is 1. The summed E-state index contributed by atoms with van der Waals surface area (Å²) in [5, 5.41) is 0.515. The topological polar surface area (TPSA) is 38.8 Å². The Labute approximate surface area is 209 Å². The highest BCUT2D eigenvalue weighted by Crippen LogP contribution is 2.38. The lowest BCUT2D eigenvalue weighted by Gasteiger charge is -2.15. The van der Waals surface area contributed by atoms with E-state index >= 15 is 0 Å². The Morgan fingerprint density at radius 2 is 1.69 bits per heavy atom. The Kier molecular flexibility index (Phi) is 7.52. The molecule has 32 heavy (non-hydrogen) atoms. The van der Waals surface area contributed by atoms with Crippen molar-refractivity contribution < 1.29 is 14.3 Å². The maximum Gasteiger partial charge on any atom is 0.270 e. The summed E-state index contributed by atoms with van der Waals surface area (Å²) in [6.45, 7) is 0.841. The first-order valence-electron chi connectivity index (χ1n) is 9.65. The second-order valence-electron chi connectivity index (χ2n) is 6.70. The zero-order valence-electron chi connectivity index (χ0n) is 16.7. The van der Waals surface area contributed by atoms with Crippen LogP contribution in [0, 0.1) is 0 Å². The maximum atomic E-state index is 13.0. The van der Waals surface area contributed by atoms with Gasteiger partial charge < -0.3 is 9.47 Å². The van der Waals surface area contributed by atoms with Crippen LogP contribution in [0.5, 0.6) is 11.5 Å². The van der Waals surface area contributed by atoms with Crippen molar-refractivity contribution in [1.29, 1.82) is 0 Å². The minimum atomic E-state index is -0.180. The molecule has 4 rings (SSSR count). The first-order chi connectivity index (χ1) is 15.5. The van der Waals surface area contributed by atoms with Gasteiger partial charge in [-0.1, -0.05) is 65.9 Å². The first-order valence-corrected chi connectivity index (χ1v) is 12.0. The third-order valence-corrected chi connectivity index (χ3v) is 7.01. The number of amides is 1. The number of anilines is 1. The number of carbonyl (C=O) groups excluding carboxylic acids is 1. The molecule has 0 atom stereocenters. The molecule has 1 amide bonds. The van der Waals surface area contributed by atoms with Crippen LogP contribution in [0.15, 0.2) is 82.2 Å². The van der Waals surface area contributed by atoms with E-state index in [9.17, 15) is 4.79 Å². The molecule has 0 radical (unpaired) electrons. The Balaban J connectivity index is 1.41. The fourth-order valence-corrected chi connectivity index (χ4v) is 4.72. The minimum Gasteiger partial charge on any atom is -0.490 e. The van der Waals surface area contributed by atoms with Crippen LogP contribution in [0.3, 0.4) is 0 Å². The molecule has 0 unspecified atom stereocenters. The van der Waals surface area contributed by atoms with Crippen molar-refractivity contribution in [3.8, 4) is 11.5 Å². The summed E-state index contributed by atoms with van der Waals surface area (Å²) in [5.41, 5.74) is 1.49. The van der Waals surface area contributed by atoms with Gasteiger partial charge in [-0.3, -0.25) is 9.69 Å². The molecule has 1 heterocycles. The summed E-state index contributed by atoms with van der Waals surface area (Å²) in [5.74, 6) is 1.32. The molecule has 1 fully saturated rings. The number of halogens is 2. The highest BCUT2D eigenvalue weighted by molar-refractivity contribution is 9.10. The van der Waals surface area contributed by atoms with E-state index in [-0.39, 0.29) is 5.91 Å². The zero-order chi connectivity index (χ0) is 22.5. The lowest BCUT2D eigenvalue weighted by atomic mass is 10.2. The van der Waals surface area contributed by atoms with Gasteiger partial charge in [-0.05, 0) is 70.0 Å². The van der Waals surface area contributed by atoms with Crippen LogP contribution in [0.25, 0.3) is 6.08 Å². The number of hydrogen-bond donors (Lipinski definition) is 0. The van der Waals surface area contributed by atoms with Gasteiger partial charge in [0.2, 0.25) is 0 Å². The number of thioether (sulfide) groups is 1. The van der Waals surface area contributed by atoms with Crippen molar-refractivity contribution in [3.05, 3.63) is 92.8 Å². The molecule has 0 aliphatic carbocycles. The van der Waals surface area contributed by atoms with Gasteiger partial charge in [0.05, 0.1) is 15.6 Å². The number of thiocarbonyl (C=S) groups is 1. The van der Waals surface area contributed by atoms with Crippen LogP contribution in [-0.4, -0.2) is 23.4 Å². The van der Waals surface area contributed by atoms with Crippen LogP contribution in [0.2, 0.25) is 5.02 Å². The van der Waals surface area contributed by atoms with Crippen LogP contribution in [-0.2, 0) is 4.79 Å². The molecule has 1 aliphatic rings. The third kappa shape index (κ3) is 5.53. The highest BCUT2D eigenvalue weighted by Gasteiger charge is 2.33. The van der Waals surface area contributed by atoms with Gasteiger partial charge in [-0.2, -0.15) is 0 Å². The van der Waals surface area contributed by atoms with Crippen molar-refractivity contribution in [2.75, 3.05) is 18.1 Å². The largest absolute Gasteiger partial charge is 0.490 e. The molecule has 162 valence electrons. The van der Waals surface area contributed by atoms with Crippen molar-refractivity contribution >= 4 is 73.5 Å². The number of hydrogen-bond acceptors (Lipinski definition) is 5. The second-order valence-corrected chi connectivity index (χ2v) is 9.64. The van der Waals surface area contributed by atoms with E-state index in [4.69, 9.17) is 33.3 Å². The average Bonchev–Trinajstić information content (AvgIpc) is 3.07. The van der Waals surface area contributed by atoms with Crippen LogP contribution < -0.4 is 14.4 Å². The summed E-state index contributed by atoms with van der Waals surface area (Å²) in [6.07, 6.45) is 1.81. The molecule has 0 spiro atoms. The number of carbonyl (C=O) groups is 1. The van der Waals surface area contributed by atoms with E-state index in [1.807, 2.05) is 60.7 Å². The van der Waals surface area contributed by atoms with Gasteiger partial charge in [-0.15, -0.1) is 0 Å². The van der Waals surface area contributed by atoms with E-state index in [0.29, 0.717) is 38.9 Å². The molecule has 8 heteroatoms. The van der Waals surface area contributed by atoms with Crippen molar-refractivity contribution in [1.82, 2.24) is 0 Å². The van der Waals surface area contributed by atoms with Crippen molar-refractivity contribution in [2.45, 2.75) is 0 Å². The number of para-hydroxylation sites is 1. The average molecular weight is 547 g/mol. The quantitative estimate of drug-likeness (QED) is 0.182. The fourth-order valence-electron chi connectivity index (χ4n) is 3.00. The normalized spacial score (nSPS) is 14.8. The van der Waals surface area contributed by atoms with Crippen molar-refractivity contribution in [2.24, 2.45) is 0 Å². The second kappa shape index (κ2) is 10.5. The molecule has 3 aromatic rings. The summed E-state index contributed by atoms with van der Waals surface area (Å²) >= 11 is 16.2. The van der Waals surface area contributed by atoms with E-state index in [1.54, 1.807) is 18.2 Å². The van der Waals surface area contributed by atoms with Gasteiger partial charge in [0.25, 0.3) is 5.91 Å². The van der Waals surface area contributed by atoms with Crippen LogP contribution in [0.4, 0.5) is 5.69 Å². The molecule has 0 bridgehead atoms. The molecule has 1 saturated heterocycles. The fraction of sp³-hybridized carbons (Fsp3) is 0.0833. The van der Waals surface area contributed by atoms with Gasteiger partial charge in [-0.25, -0.2) is 0 Å². The van der Waals surface area contributed by atoms with E-state index < -0.39 is 0 Å². The standard InChI is InChI=1S/C24H17BrClNO3S2/c25-20-10-9-17(15-21(20)26)27-23(28)22(32-24(27)31)14-16-5-4-8-19(13-16)30-12-11-29-18-6-2-1-3-7-18/h1-10,13-15H,11-12H2/b22-14+. The van der Waals surface area contributed by atoms with Crippen molar-refractivity contribution in [3.63, 3.8) is 0 Å². The highest BCUT2D eigenvalue weighted by atomic mass is 79.9. The van der Waals surface area contributed by atoms with Gasteiger partial charge >= 0.3 is 0 Å². The van der Waals surface area contributed by atoms with Gasteiger partial charge in [0.1, 0.15) is 24.7 Å². The molecular weight excluding hydrogens is 530 g/mol. The molecule has 0 aromatic heterocycles. The predicted octanol–water partition coefficient (Wildman–Crippen LogP) is 6.97. The minimum absolute atomic E-state index is 0.180. The molecule has 1 aliphatic heterocycles. The monoisotopic (exact) mass is 545 g/mol. The Morgan fingerprint density at radius 1 is 0.969 bits per heavy atom. The van der Waals surface area contributed by atoms with E-state index in [1.165, 1.54) is 16.7 Å². The Bertz CT molecular complexity index is 1190. The first kappa shape index (κ1) is 22.9. The van der Waals surface area contributed by atoms with Crippen LogP contribution >= 0.6 is 51.5 Å². The number of ether oxygens (including phenoxy) is 2. The molecule has 3 aromatic carbocycles. The molecule has 0 saturated carbocycles. The SMILES string of the molecule is O=C1/C(=C\c2cccc(OCCOc3ccccc3)c2)SC(=S)N1c1ccc(Br)c(Cl)c1. The van der Waals surface area contributed by atoms with Gasteiger partial charge in [0.15, 0.2) is 4.32 Å². The summed E-state index contributed by atoms with van der Waals surface area (Å²) in [4.78, 5) is 15.0. The molecule has 4 nitrogen and oxygen atoms in total.